The van der Waals surface area contributed by atoms with E-state index in [2.05, 4.69) is 22.3 Å². The van der Waals surface area contributed by atoms with Crippen LogP contribution in [0.1, 0.15) is 43.0 Å². The molecule has 0 fully saturated rings. The number of carbonyl (C=O) groups excluding carboxylic acids is 1. The molecule has 2 heterocycles. The Morgan fingerprint density at radius 2 is 2.00 bits per heavy atom. The first-order valence-corrected chi connectivity index (χ1v) is 10.2. The van der Waals surface area contributed by atoms with Crippen LogP contribution in [-0.4, -0.2) is 27.4 Å². The van der Waals surface area contributed by atoms with Crippen LogP contribution in [0, 0.1) is 6.92 Å². The van der Waals surface area contributed by atoms with E-state index in [0.717, 1.165) is 39.2 Å². The zero-order valence-corrected chi connectivity index (χ0v) is 17.6. The molecular formula is C24H25N3O4. The lowest BCUT2D eigenvalue weighted by Crippen LogP contribution is -2.28. The van der Waals surface area contributed by atoms with Crippen LogP contribution in [0.3, 0.4) is 0 Å². The minimum atomic E-state index is -0.558. The summed E-state index contributed by atoms with van der Waals surface area (Å²) in [7, 11) is 0. The van der Waals surface area contributed by atoms with Crippen molar-refractivity contribution in [3.63, 3.8) is 0 Å². The number of para-hydroxylation sites is 1. The molecule has 31 heavy (non-hydrogen) atoms. The van der Waals surface area contributed by atoms with Crippen molar-refractivity contribution in [3.05, 3.63) is 71.4 Å². The summed E-state index contributed by atoms with van der Waals surface area (Å²) in [6, 6.07) is 17.9. The summed E-state index contributed by atoms with van der Waals surface area (Å²) in [4.78, 5) is 21.4. The average Bonchev–Trinajstić information content (AvgIpc) is 3.18. The normalized spacial score (nSPS) is 17.8. The highest BCUT2D eigenvalue weighted by atomic mass is 16.7. The second-order valence-corrected chi connectivity index (χ2v) is 8.04. The van der Waals surface area contributed by atoms with E-state index < -0.39 is 11.5 Å². The fourth-order valence-corrected chi connectivity index (χ4v) is 3.73. The van der Waals surface area contributed by atoms with Gasteiger partial charge in [0.1, 0.15) is 18.0 Å². The maximum Gasteiger partial charge on any atom is 0.243 e. The molecule has 2 aromatic carbocycles. The van der Waals surface area contributed by atoms with E-state index in [1.165, 1.54) is 0 Å². The molecule has 0 radical (unpaired) electrons. The number of ether oxygens (including phenoxy) is 1. The molecule has 1 aliphatic heterocycles. The first-order chi connectivity index (χ1) is 15.0. The van der Waals surface area contributed by atoms with E-state index in [-0.39, 0.29) is 6.42 Å². The van der Waals surface area contributed by atoms with E-state index in [0.29, 0.717) is 19.4 Å². The molecule has 1 aliphatic rings. The molecule has 7 heteroatoms. The number of hydrogen-bond acceptors (Lipinski definition) is 6. The van der Waals surface area contributed by atoms with Gasteiger partial charge < -0.3 is 9.57 Å². The first-order valence-electron chi connectivity index (χ1n) is 10.2. The van der Waals surface area contributed by atoms with Crippen molar-refractivity contribution < 1.29 is 19.6 Å². The summed E-state index contributed by atoms with van der Waals surface area (Å²) in [5.41, 5.74) is 5.90. The van der Waals surface area contributed by atoms with Gasteiger partial charge in [0.15, 0.2) is 0 Å². The highest BCUT2D eigenvalue weighted by Crippen LogP contribution is 2.31. The molecule has 1 amide bonds. The third-order valence-electron chi connectivity index (χ3n) is 5.44. The minimum absolute atomic E-state index is 0.172. The Kier molecular flexibility index (Phi) is 5.86. The minimum Gasteiger partial charge on any atom is -0.489 e. The SMILES string of the molecule is Cc1cc(COc2ccc(C3=NOC(C)(CCC(=O)NO)C3)cc2)c2ccccc2n1. The summed E-state index contributed by atoms with van der Waals surface area (Å²) in [6.45, 7) is 4.35. The molecule has 0 spiro atoms. The highest BCUT2D eigenvalue weighted by Gasteiger charge is 2.35. The van der Waals surface area contributed by atoms with E-state index >= 15 is 0 Å². The summed E-state index contributed by atoms with van der Waals surface area (Å²) in [5, 5.41) is 13.9. The molecule has 1 unspecified atom stereocenters. The predicted molar refractivity (Wildman–Crippen MR) is 117 cm³/mol. The number of hydroxylamine groups is 1. The number of carbonyl (C=O) groups is 1. The standard InChI is InChI=1S/C24H25N3O4/c1-16-13-18(20-5-3-4-6-21(20)25-16)15-30-19-9-7-17(8-10-19)22-14-24(2,31-27-22)12-11-23(28)26-29/h3-10,13,29H,11-12,14-15H2,1-2H3,(H,26,28). The van der Waals surface area contributed by atoms with Crippen LogP contribution in [0.5, 0.6) is 5.75 Å². The molecule has 0 bridgehead atoms. The summed E-state index contributed by atoms with van der Waals surface area (Å²) in [5.74, 6) is 0.334. The lowest BCUT2D eigenvalue weighted by atomic mass is 9.91. The fraction of sp³-hybridized carbons (Fsp3) is 0.292. The van der Waals surface area contributed by atoms with Gasteiger partial charge in [0.25, 0.3) is 0 Å². The van der Waals surface area contributed by atoms with Gasteiger partial charge in [-0.2, -0.15) is 0 Å². The zero-order chi connectivity index (χ0) is 21.8. The Balaban J connectivity index is 1.39. The average molecular weight is 419 g/mol. The molecule has 160 valence electrons. The number of aryl methyl sites for hydroxylation is 1. The topological polar surface area (TPSA) is 93.0 Å². The monoisotopic (exact) mass is 419 g/mol. The number of nitrogens with one attached hydrogen (secondary N) is 1. The third kappa shape index (κ3) is 4.83. The van der Waals surface area contributed by atoms with Crippen LogP contribution in [0.4, 0.5) is 0 Å². The van der Waals surface area contributed by atoms with E-state index in [9.17, 15) is 4.79 Å². The van der Waals surface area contributed by atoms with Gasteiger partial charge in [0.05, 0.1) is 11.2 Å². The van der Waals surface area contributed by atoms with Crippen LogP contribution in [0.25, 0.3) is 10.9 Å². The molecular weight excluding hydrogens is 394 g/mol. The molecule has 1 aromatic heterocycles. The second-order valence-electron chi connectivity index (χ2n) is 8.04. The number of oxime groups is 1. The van der Waals surface area contributed by atoms with Crippen LogP contribution in [0.15, 0.2) is 59.8 Å². The van der Waals surface area contributed by atoms with E-state index in [1.54, 1.807) is 5.48 Å². The van der Waals surface area contributed by atoms with Gasteiger partial charge in [-0.15, -0.1) is 0 Å². The number of aromatic nitrogens is 1. The Morgan fingerprint density at radius 3 is 2.77 bits per heavy atom. The number of fused-ring (bicyclic) bond motifs is 1. The van der Waals surface area contributed by atoms with Crippen LogP contribution in [0.2, 0.25) is 0 Å². The zero-order valence-electron chi connectivity index (χ0n) is 17.6. The van der Waals surface area contributed by atoms with Crippen molar-refractivity contribution in [2.45, 2.75) is 45.3 Å². The van der Waals surface area contributed by atoms with Crippen molar-refractivity contribution in [2.75, 3.05) is 0 Å². The first kappa shape index (κ1) is 20.8. The smallest absolute Gasteiger partial charge is 0.243 e. The molecule has 1 atom stereocenters. The summed E-state index contributed by atoms with van der Waals surface area (Å²) in [6.07, 6.45) is 1.23. The number of amides is 1. The predicted octanol–water partition coefficient (Wildman–Crippen LogP) is 4.29. The van der Waals surface area contributed by atoms with Gasteiger partial charge in [0, 0.05) is 29.5 Å². The van der Waals surface area contributed by atoms with Crippen LogP contribution < -0.4 is 10.2 Å². The van der Waals surface area contributed by atoms with Gasteiger partial charge >= 0.3 is 0 Å². The molecule has 2 N–H and O–H groups in total. The molecule has 0 aliphatic carbocycles. The Bertz CT molecular complexity index is 1130. The number of benzene rings is 2. The van der Waals surface area contributed by atoms with Crippen molar-refractivity contribution in [1.82, 2.24) is 10.5 Å². The quantitative estimate of drug-likeness (QED) is 0.440. The Labute approximate surface area is 180 Å². The lowest BCUT2D eigenvalue weighted by molar-refractivity contribution is -0.130. The maximum absolute atomic E-state index is 11.3. The van der Waals surface area contributed by atoms with Crippen LogP contribution in [-0.2, 0) is 16.2 Å². The van der Waals surface area contributed by atoms with Gasteiger partial charge in [-0.1, -0.05) is 23.4 Å². The van der Waals surface area contributed by atoms with E-state index in [1.807, 2.05) is 56.3 Å². The maximum atomic E-state index is 11.3. The second kappa shape index (κ2) is 8.73. The number of rotatable bonds is 7. The Morgan fingerprint density at radius 1 is 1.23 bits per heavy atom. The van der Waals surface area contributed by atoms with Crippen molar-refractivity contribution in [3.8, 4) is 5.75 Å². The molecule has 0 saturated carbocycles. The van der Waals surface area contributed by atoms with E-state index in [4.69, 9.17) is 14.8 Å². The van der Waals surface area contributed by atoms with Crippen LogP contribution >= 0.6 is 0 Å². The Hall–Kier alpha value is -3.45. The number of hydrogen-bond donors (Lipinski definition) is 2. The number of pyridine rings is 1. The fourth-order valence-electron chi connectivity index (χ4n) is 3.73. The molecule has 4 rings (SSSR count). The van der Waals surface area contributed by atoms with Gasteiger partial charge in [0.2, 0.25) is 5.91 Å². The molecule has 0 saturated heterocycles. The van der Waals surface area contributed by atoms with Crippen molar-refractivity contribution >= 4 is 22.5 Å². The van der Waals surface area contributed by atoms with Gasteiger partial charge in [-0.05, 0) is 62.2 Å². The molecule has 7 nitrogen and oxygen atoms in total. The van der Waals surface area contributed by atoms with Gasteiger partial charge in [-0.25, -0.2) is 5.48 Å². The largest absolute Gasteiger partial charge is 0.489 e. The lowest BCUT2D eigenvalue weighted by Gasteiger charge is -2.20. The summed E-state index contributed by atoms with van der Waals surface area (Å²) < 4.78 is 6.02. The van der Waals surface area contributed by atoms with Gasteiger partial charge in [-0.3, -0.25) is 15.0 Å². The third-order valence-corrected chi connectivity index (χ3v) is 5.44. The highest BCUT2D eigenvalue weighted by molar-refractivity contribution is 6.01. The number of nitrogens with zero attached hydrogens (tertiary/aromatic N) is 2. The van der Waals surface area contributed by atoms with Crippen molar-refractivity contribution in [1.29, 1.82) is 0 Å². The summed E-state index contributed by atoms with van der Waals surface area (Å²) >= 11 is 0. The van der Waals surface area contributed by atoms with Crippen molar-refractivity contribution in [2.24, 2.45) is 5.16 Å². The molecule has 3 aromatic rings.